The first-order valence-corrected chi connectivity index (χ1v) is 11.0. The van der Waals surface area contributed by atoms with Crippen LogP contribution in [-0.4, -0.2) is 36.8 Å². The van der Waals surface area contributed by atoms with Crippen LogP contribution in [0, 0.1) is 0 Å². The van der Waals surface area contributed by atoms with Crippen LogP contribution in [0.5, 0.6) is 5.75 Å². The molecule has 0 aliphatic carbocycles. The fourth-order valence-electron chi connectivity index (χ4n) is 2.59. The Morgan fingerprint density at radius 1 is 1.35 bits per heavy atom. The van der Waals surface area contributed by atoms with Crippen LogP contribution in [0.3, 0.4) is 0 Å². The maximum absolute atomic E-state index is 12.4. The molecular weight excluding hydrogens is 436 g/mol. The van der Waals surface area contributed by atoms with Gasteiger partial charge in [0.05, 0.1) is 9.47 Å². The van der Waals surface area contributed by atoms with Gasteiger partial charge in [0.1, 0.15) is 12.3 Å². The maximum Gasteiger partial charge on any atom is 0.268 e. The lowest BCUT2D eigenvalue weighted by Gasteiger charge is -2.32. The number of nitrogens with one attached hydrogen (secondary N) is 1. The van der Waals surface area contributed by atoms with Crippen LogP contribution in [0.1, 0.15) is 11.8 Å². The third-order valence-electron chi connectivity index (χ3n) is 3.82. The lowest BCUT2D eigenvalue weighted by molar-refractivity contribution is -0.128. The predicted molar refractivity (Wildman–Crippen MR) is 110 cm³/mol. The van der Waals surface area contributed by atoms with Crippen molar-refractivity contribution in [3.63, 3.8) is 0 Å². The third kappa shape index (κ3) is 4.81. The normalized spacial score (nSPS) is 16.2. The Labute approximate surface area is 169 Å². The van der Waals surface area contributed by atoms with Gasteiger partial charge in [-0.25, -0.2) is 0 Å². The molecule has 1 aliphatic rings. The van der Waals surface area contributed by atoms with Crippen molar-refractivity contribution in [3.05, 3.63) is 45.1 Å². The quantitative estimate of drug-likeness (QED) is 0.648. The van der Waals surface area contributed by atoms with Crippen molar-refractivity contribution in [2.24, 2.45) is 0 Å². The molecule has 0 fully saturated rings. The summed E-state index contributed by atoms with van der Waals surface area (Å²) in [6, 6.07) is 11.4. The van der Waals surface area contributed by atoms with Gasteiger partial charge in [-0.15, -0.1) is 11.3 Å². The summed E-state index contributed by atoms with van der Waals surface area (Å²) in [5.74, 6) is 2.02. The number of thiophene rings is 1. The van der Waals surface area contributed by atoms with Gasteiger partial charge in [-0.3, -0.25) is 14.5 Å². The van der Waals surface area contributed by atoms with Crippen molar-refractivity contribution < 1.29 is 14.3 Å². The smallest absolute Gasteiger partial charge is 0.268 e. The summed E-state index contributed by atoms with van der Waals surface area (Å²) in [6.07, 6.45) is -0.585. The highest BCUT2D eigenvalue weighted by Crippen LogP contribution is 2.33. The van der Waals surface area contributed by atoms with Gasteiger partial charge < -0.3 is 10.1 Å². The summed E-state index contributed by atoms with van der Waals surface area (Å²) < 4.78 is 6.71. The Kier molecular flexibility index (Phi) is 6.61. The molecule has 2 heterocycles. The van der Waals surface area contributed by atoms with Crippen molar-refractivity contribution >= 4 is 56.5 Å². The van der Waals surface area contributed by atoms with Gasteiger partial charge in [0.2, 0.25) is 5.91 Å². The molecule has 1 aliphatic heterocycles. The predicted octanol–water partition coefficient (Wildman–Crippen LogP) is 3.67. The van der Waals surface area contributed by atoms with E-state index in [0.29, 0.717) is 18.0 Å². The van der Waals surface area contributed by atoms with E-state index in [2.05, 4.69) is 27.3 Å². The molecule has 1 aromatic carbocycles. The first-order valence-electron chi connectivity index (χ1n) is 8.20. The van der Waals surface area contributed by atoms with E-state index in [0.717, 1.165) is 15.3 Å². The Balaban J connectivity index is 1.46. The molecule has 0 radical (unpaired) electrons. The number of fused-ring (bicyclic) bond motifs is 1. The lowest BCUT2D eigenvalue weighted by Crippen LogP contribution is -2.49. The number of ether oxygens (including phenoxy) is 1. The summed E-state index contributed by atoms with van der Waals surface area (Å²) in [6.45, 7) is 2.28. The Morgan fingerprint density at radius 3 is 2.92 bits per heavy atom. The second-order valence-corrected chi connectivity index (χ2v) is 9.41. The average Bonchev–Trinajstić information content (AvgIpc) is 3.04. The number of hydrogen-bond acceptors (Lipinski definition) is 5. The van der Waals surface area contributed by atoms with E-state index in [-0.39, 0.29) is 18.4 Å². The minimum Gasteiger partial charge on any atom is -0.479 e. The summed E-state index contributed by atoms with van der Waals surface area (Å²) in [5.41, 5.74) is 0.642. The molecule has 26 heavy (non-hydrogen) atoms. The van der Waals surface area contributed by atoms with Crippen molar-refractivity contribution in [2.45, 2.75) is 18.8 Å². The van der Waals surface area contributed by atoms with E-state index in [4.69, 9.17) is 4.74 Å². The molecule has 5 nitrogen and oxygen atoms in total. The Hall–Kier alpha value is -1.51. The summed E-state index contributed by atoms with van der Waals surface area (Å²) in [7, 11) is 0. The number of carbonyl (C=O) groups excluding carboxylic acids is 2. The third-order valence-corrected chi connectivity index (χ3v) is 6.63. The van der Waals surface area contributed by atoms with Crippen LogP contribution in [-0.2, 0) is 15.3 Å². The number of hydrogen-bond donors (Lipinski definition) is 1. The number of carbonyl (C=O) groups is 2. The molecule has 1 atom stereocenters. The minimum atomic E-state index is -0.585. The molecule has 0 spiro atoms. The summed E-state index contributed by atoms with van der Waals surface area (Å²) >= 11 is 6.95. The first kappa shape index (κ1) is 19.3. The van der Waals surface area contributed by atoms with Gasteiger partial charge >= 0.3 is 0 Å². The highest BCUT2D eigenvalue weighted by molar-refractivity contribution is 9.11. The van der Waals surface area contributed by atoms with Crippen LogP contribution < -0.4 is 15.0 Å². The standard InChI is InChI=1S/C18H19BrN2O3S2/c1-12-18(23)21(14-4-2-3-5-15(14)24-12)10-17(22)20-8-9-25-11-13-6-7-16(19)26-13/h2-7,12H,8-11H2,1H3,(H,20,22). The molecule has 1 aromatic heterocycles. The van der Waals surface area contributed by atoms with Crippen molar-refractivity contribution in [1.82, 2.24) is 5.32 Å². The van der Waals surface area contributed by atoms with E-state index < -0.39 is 6.10 Å². The monoisotopic (exact) mass is 454 g/mol. The molecule has 0 saturated heterocycles. The lowest BCUT2D eigenvalue weighted by atomic mass is 10.2. The fourth-order valence-corrected chi connectivity index (χ4v) is 5.04. The zero-order chi connectivity index (χ0) is 18.5. The van der Waals surface area contributed by atoms with Crippen LogP contribution in [0.4, 0.5) is 5.69 Å². The molecule has 0 saturated carbocycles. The second kappa shape index (κ2) is 8.92. The molecule has 8 heteroatoms. The Morgan fingerprint density at radius 2 is 2.15 bits per heavy atom. The van der Waals surface area contributed by atoms with E-state index >= 15 is 0 Å². The van der Waals surface area contributed by atoms with Crippen LogP contribution in [0.25, 0.3) is 0 Å². The SMILES string of the molecule is CC1Oc2ccccc2N(CC(=O)NCCSCc2ccc(Br)s2)C1=O. The zero-order valence-corrected chi connectivity index (χ0v) is 17.5. The average molecular weight is 455 g/mol. The van der Waals surface area contributed by atoms with Crippen molar-refractivity contribution in [2.75, 3.05) is 23.7 Å². The molecule has 2 amide bonds. The molecule has 2 aromatic rings. The van der Waals surface area contributed by atoms with E-state index in [9.17, 15) is 9.59 Å². The molecular formula is C18H19BrN2O3S2. The van der Waals surface area contributed by atoms with Crippen LogP contribution >= 0.6 is 39.0 Å². The summed E-state index contributed by atoms with van der Waals surface area (Å²) in [4.78, 5) is 27.4. The first-order chi connectivity index (χ1) is 12.5. The molecule has 1 N–H and O–H groups in total. The molecule has 0 bridgehead atoms. The van der Waals surface area contributed by atoms with E-state index in [1.165, 1.54) is 9.78 Å². The van der Waals surface area contributed by atoms with Crippen molar-refractivity contribution in [1.29, 1.82) is 0 Å². The van der Waals surface area contributed by atoms with Gasteiger partial charge in [0.15, 0.2) is 6.10 Å². The van der Waals surface area contributed by atoms with Gasteiger partial charge in [-0.2, -0.15) is 11.8 Å². The largest absolute Gasteiger partial charge is 0.479 e. The molecule has 3 rings (SSSR count). The minimum absolute atomic E-state index is 0.00604. The number of benzene rings is 1. The van der Waals surface area contributed by atoms with E-state index in [1.807, 2.05) is 24.3 Å². The van der Waals surface area contributed by atoms with Gasteiger partial charge in [-0.1, -0.05) is 12.1 Å². The number of para-hydroxylation sites is 2. The number of anilines is 1. The highest BCUT2D eigenvalue weighted by Gasteiger charge is 2.32. The van der Waals surface area contributed by atoms with E-state index in [1.54, 1.807) is 36.1 Å². The Bertz CT molecular complexity index is 796. The van der Waals surface area contributed by atoms with Gasteiger partial charge in [-0.05, 0) is 47.1 Å². The van der Waals surface area contributed by atoms with Gasteiger partial charge in [0.25, 0.3) is 5.91 Å². The fraction of sp³-hybridized carbons (Fsp3) is 0.333. The van der Waals surface area contributed by atoms with Crippen LogP contribution in [0.2, 0.25) is 0 Å². The number of nitrogens with zero attached hydrogens (tertiary/aromatic N) is 1. The topological polar surface area (TPSA) is 58.6 Å². The second-order valence-electron chi connectivity index (χ2n) is 5.76. The maximum atomic E-state index is 12.4. The highest BCUT2D eigenvalue weighted by atomic mass is 79.9. The van der Waals surface area contributed by atoms with Gasteiger partial charge in [0, 0.05) is 22.9 Å². The number of amides is 2. The number of thioether (sulfide) groups is 1. The summed E-state index contributed by atoms with van der Waals surface area (Å²) in [5, 5.41) is 2.89. The zero-order valence-electron chi connectivity index (χ0n) is 14.2. The number of halogens is 1. The number of rotatable bonds is 7. The van der Waals surface area contributed by atoms with Crippen molar-refractivity contribution in [3.8, 4) is 5.75 Å². The van der Waals surface area contributed by atoms with Crippen LogP contribution in [0.15, 0.2) is 40.2 Å². The molecule has 1 unspecified atom stereocenters. The molecule has 138 valence electrons.